The highest BCUT2D eigenvalue weighted by molar-refractivity contribution is 5.10. The SMILES string of the molecule is CC(C)COCCn1cccc1C(C)N. The van der Waals surface area contributed by atoms with Crippen molar-refractivity contribution in [2.75, 3.05) is 13.2 Å². The highest BCUT2D eigenvalue weighted by Gasteiger charge is 2.04. The molecule has 0 aliphatic rings. The first-order valence-electron chi connectivity index (χ1n) is 5.59. The number of rotatable bonds is 6. The lowest BCUT2D eigenvalue weighted by Crippen LogP contribution is -2.15. The van der Waals surface area contributed by atoms with Crippen LogP contribution in [0.3, 0.4) is 0 Å². The summed E-state index contributed by atoms with van der Waals surface area (Å²) in [7, 11) is 0. The zero-order chi connectivity index (χ0) is 11.3. The normalized spacial score (nSPS) is 13.4. The van der Waals surface area contributed by atoms with Crippen LogP contribution in [0.25, 0.3) is 0 Å². The topological polar surface area (TPSA) is 40.2 Å². The van der Waals surface area contributed by atoms with Gasteiger partial charge in [0.05, 0.1) is 6.61 Å². The molecule has 0 fully saturated rings. The standard InChI is InChI=1S/C12H22N2O/c1-10(2)9-15-8-7-14-6-4-5-12(14)11(3)13/h4-6,10-11H,7-9,13H2,1-3H3. The highest BCUT2D eigenvalue weighted by Crippen LogP contribution is 2.10. The maximum atomic E-state index is 5.85. The van der Waals surface area contributed by atoms with Crippen LogP contribution in [0.1, 0.15) is 32.5 Å². The third kappa shape index (κ3) is 4.06. The van der Waals surface area contributed by atoms with Crippen LogP contribution in [0.5, 0.6) is 0 Å². The molecule has 0 saturated carbocycles. The predicted octanol–water partition coefficient (Wildman–Crippen LogP) is 2.18. The molecular weight excluding hydrogens is 188 g/mol. The van der Waals surface area contributed by atoms with Crippen molar-refractivity contribution < 1.29 is 4.74 Å². The largest absolute Gasteiger partial charge is 0.379 e. The number of ether oxygens (including phenoxy) is 1. The van der Waals surface area contributed by atoms with Gasteiger partial charge in [0, 0.05) is 31.1 Å². The Hall–Kier alpha value is -0.800. The molecule has 0 spiro atoms. The number of nitrogens with zero attached hydrogens (tertiary/aromatic N) is 1. The van der Waals surface area contributed by atoms with Gasteiger partial charge in [-0.05, 0) is 25.0 Å². The van der Waals surface area contributed by atoms with Crippen molar-refractivity contribution in [3.05, 3.63) is 24.0 Å². The molecule has 1 aromatic rings. The summed E-state index contributed by atoms with van der Waals surface area (Å²) in [5, 5.41) is 0. The van der Waals surface area contributed by atoms with Crippen molar-refractivity contribution in [3.8, 4) is 0 Å². The van der Waals surface area contributed by atoms with Crippen LogP contribution in [0.15, 0.2) is 18.3 Å². The molecule has 3 nitrogen and oxygen atoms in total. The van der Waals surface area contributed by atoms with Gasteiger partial charge in [-0.1, -0.05) is 13.8 Å². The van der Waals surface area contributed by atoms with Crippen molar-refractivity contribution in [2.45, 2.75) is 33.4 Å². The summed E-state index contributed by atoms with van der Waals surface area (Å²) in [6.07, 6.45) is 2.05. The first-order chi connectivity index (χ1) is 7.11. The molecular formula is C12H22N2O. The zero-order valence-corrected chi connectivity index (χ0v) is 9.94. The van der Waals surface area contributed by atoms with E-state index in [1.807, 2.05) is 13.0 Å². The Morgan fingerprint density at radius 3 is 2.73 bits per heavy atom. The second-order valence-corrected chi connectivity index (χ2v) is 4.38. The Morgan fingerprint density at radius 1 is 1.40 bits per heavy atom. The van der Waals surface area contributed by atoms with Crippen LogP contribution < -0.4 is 5.73 Å². The van der Waals surface area contributed by atoms with Crippen LogP contribution in [-0.2, 0) is 11.3 Å². The summed E-state index contributed by atoms with van der Waals surface area (Å²) in [4.78, 5) is 0. The lowest BCUT2D eigenvalue weighted by molar-refractivity contribution is 0.102. The van der Waals surface area contributed by atoms with Crippen molar-refractivity contribution in [1.29, 1.82) is 0 Å². The molecule has 15 heavy (non-hydrogen) atoms. The molecule has 0 aliphatic carbocycles. The summed E-state index contributed by atoms with van der Waals surface area (Å²) in [5.74, 6) is 0.600. The Balaban J connectivity index is 2.34. The van der Waals surface area contributed by atoms with Crippen molar-refractivity contribution >= 4 is 0 Å². The second kappa shape index (κ2) is 5.93. The monoisotopic (exact) mass is 210 g/mol. The first-order valence-corrected chi connectivity index (χ1v) is 5.59. The Morgan fingerprint density at radius 2 is 2.13 bits per heavy atom. The lowest BCUT2D eigenvalue weighted by atomic mass is 10.2. The molecule has 0 aromatic carbocycles. The van der Waals surface area contributed by atoms with Crippen molar-refractivity contribution in [1.82, 2.24) is 4.57 Å². The van der Waals surface area contributed by atoms with Gasteiger partial charge < -0.3 is 15.0 Å². The van der Waals surface area contributed by atoms with Gasteiger partial charge in [0.1, 0.15) is 0 Å². The minimum atomic E-state index is 0.0881. The van der Waals surface area contributed by atoms with E-state index in [1.165, 1.54) is 5.69 Å². The summed E-state index contributed by atoms with van der Waals surface area (Å²) >= 11 is 0. The Bertz CT molecular complexity index is 279. The molecule has 0 bridgehead atoms. The predicted molar refractivity (Wildman–Crippen MR) is 62.7 cm³/mol. The number of nitrogens with two attached hydrogens (primary N) is 1. The number of aromatic nitrogens is 1. The minimum Gasteiger partial charge on any atom is -0.379 e. The fourth-order valence-corrected chi connectivity index (χ4v) is 1.53. The number of hydrogen-bond acceptors (Lipinski definition) is 2. The van der Waals surface area contributed by atoms with Crippen molar-refractivity contribution in [3.63, 3.8) is 0 Å². The van der Waals surface area contributed by atoms with Gasteiger partial charge in [-0.2, -0.15) is 0 Å². The molecule has 2 N–H and O–H groups in total. The molecule has 1 unspecified atom stereocenters. The van der Waals surface area contributed by atoms with Crippen LogP contribution in [0.4, 0.5) is 0 Å². The molecule has 0 amide bonds. The molecule has 0 saturated heterocycles. The van der Waals surface area contributed by atoms with E-state index in [0.717, 1.165) is 19.8 Å². The summed E-state index contributed by atoms with van der Waals surface area (Å²) in [5.41, 5.74) is 7.02. The maximum Gasteiger partial charge on any atom is 0.0645 e. The van der Waals surface area contributed by atoms with Gasteiger partial charge in [-0.25, -0.2) is 0 Å². The first kappa shape index (κ1) is 12.3. The Kier molecular flexibility index (Phi) is 4.85. The van der Waals surface area contributed by atoms with Gasteiger partial charge in [0.2, 0.25) is 0 Å². The van der Waals surface area contributed by atoms with E-state index < -0.39 is 0 Å². The zero-order valence-electron chi connectivity index (χ0n) is 9.94. The van der Waals surface area contributed by atoms with E-state index in [-0.39, 0.29) is 6.04 Å². The van der Waals surface area contributed by atoms with E-state index in [1.54, 1.807) is 0 Å². The third-order valence-electron chi connectivity index (χ3n) is 2.26. The molecule has 1 heterocycles. The van der Waals surface area contributed by atoms with Crippen LogP contribution in [0.2, 0.25) is 0 Å². The van der Waals surface area contributed by atoms with E-state index in [4.69, 9.17) is 10.5 Å². The average molecular weight is 210 g/mol. The minimum absolute atomic E-state index is 0.0881. The highest BCUT2D eigenvalue weighted by atomic mass is 16.5. The molecule has 0 radical (unpaired) electrons. The summed E-state index contributed by atoms with van der Waals surface area (Å²) < 4.78 is 7.70. The van der Waals surface area contributed by atoms with E-state index in [2.05, 4.69) is 30.7 Å². The van der Waals surface area contributed by atoms with Gasteiger partial charge in [0.15, 0.2) is 0 Å². The fourth-order valence-electron chi connectivity index (χ4n) is 1.53. The smallest absolute Gasteiger partial charge is 0.0645 e. The summed E-state index contributed by atoms with van der Waals surface area (Å²) in [6, 6.07) is 4.18. The summed E-state index contributed by atoms with van der Waals surface area (Å²) in [6.45, 7) is 8.78. The van der Waals surface area contributed by atoms with E-state index in [9.17, 15) is 0 Å². The molecule has 0 aliphatic heterocycles. The van der Waals surface area contributed by atoms with Gasteiger partial charge in [0.25, 0.3) is 0 Å². The van der Waals surface area contributed by atoms with E-state index in [0.29, 0.717) is 5.92 Å². The molecule has 1 rings (SSSR count). The maximum absolute atomic E-state index is 5.85. The molecule has 86 valence electrons. The van der Waals surface area contributed by atoms with Crippen LogP contribution in [-0.4, -0.2) is 17.8 Å². The average Bonchev–Trinajstić information content (AvgIpc) is 2.60. The van der Waals surface area contributed by atoms with Gasteiger partial charge >= 0.3 is 0 Å². The molecule has 1 atom stereocenters. The van der Waals surface area contributed by atoms with E-state index >= 15 is 0 Å². The van der Waals surface area contributed by atoms with Crippen molar-refractivity contribution in [2.24, 2.45) is 11.7 Å². The quantitative estimate of drug-likeness (QED) is 0.731. The van der Waals surface area contributed by atoms with Gasteiger partial charge in [-0.15, -0.1) is 0 Å². The van der Waals surface area contributed by atoms with Crippen LogP contribution in [0, 0.1) is 5.92 Å². The number of hydrogen-bond donors (Lipinski definition) is 1. The van der Waals surface area contributed by atoms with Crippen LogP contribution >= 0.6 is 0 Å². The fraction of sp³-hybridized carbons (Fsp3) is 0.667. The molecule has 3 heteroatoms. The lowest BCUT2D eigenvalue weighted by Gasteiger charge is -2.12. The second-order valence-electron chi connectivity index (χ2n) is 4.38. The van der Waals surface area contributed by atoms with Gasteiger partial charge in [-0.3, -0.25) is 0 Å². The molecule has 1 aromatic heterocycles. The Labute approximate surface area is 92.2 Å². The third-order valence-corrected chi connectivity index (χ3v) is 2.26.